The van der Waals surface area contributed by atoms with Crippen LogP contribution in [-0.4, -0.2) is 53.8 Å². The average molecular weight is 453 g/mol. The minimum Gasteiger partial charge on any atom is -0.481 e. The Hall–Kier alpha value is -2.14. The molecule has 4 N–H and O–H groups in total. The van der Waals surface area contributed by atoms with E-state index in [-0.39, 0.29) is 6.61 Å². The zero-order valence-electron chi connectivity index (χ0n) is 16.2. The number of halogens is 1. The number of carboxylic acids is 2. The number of ether oxygens (including phenoxy) is 1. The Morgan fingerprint density at radius 1 is 1.40 bits per heavy atom. The van der Waals surface area contributed by atoms with Gasteiger partial charge in [-0.2, -0.15) is 5.10 Å². The Morgan fingerprint density at radius 2 is 2.13 bits per heavy atom. The third-order valence-electron chi connectivity index (χ3n) is 6.01. The number of fused-ring (bicyclic) bond motifs is 1. The summed E-state index contributed by atoms with van der Waals surface area (Å²) in [5, 5.41) is 24.2. The van der Waals surface area contributed by atoms with Crippen molar-refractivity contribution in [3.05, 3.63) is 40.7 Å². The van der Waals surface area contributed by atoms with Gasteiger partial charge in [0.25, 0.3) is 0 Å². The first-order chi connectivity index (χ1) is 14.2. The maximum atomic E-state index is 12.2. The first-order valence-corrected chi connectivity index (χ1v) is 10.5. The Bertz CT molecular complexity index is 1020. The van der Waals surface area contributed by atoms with E-state index in [9.17, 15) is 19.8 Å². The quantitative estimate of drug-likeness (QED) is 0.570. The van der Waals surface area contributed by atoms with Crippen molar-refractivity contribution in [1.29, 1.82) is 0 Å². The van der Waals surface area contributed by atoms with Crippen LogP contribution in [0.25, 0.3) is 0 Å². The molecule has 0 radical (unpaired) electrons. The molecule has 0 aliphatic heterocycles. The fraction of sp³-hybridized carbons (Fsp3) is 0.474. The molecule has 9 nitrogen and oxygen atoms in total. The molecule has 2 aliphatic rings. The molecule has 6 atom stereocenters. The maximum Gasteiger partial charge on any atom is 0.326 e. The lowest BCUT2D eigenvalue weighted by Crippen LogP contribution is -2.61. The molecule has 6 unspecified atom stereocenters. The lowest BCUT2D eigenvalue weighted by molar-refractivity contribution is -0.152. The van der Waals surface area contributed by atoms with Crippen molar-refractivity contribution in [2.75, 3.05) is 0 Å². The second kappa shape index (κ2) is 7.52. The van der Waals surface area contributed by atoms with Crippen molar-refractivity contribution >= 4 is 35.3 Å². The number of hydrogen-bond acceptors (Lipinski definition) is 7. The molecule has 0 spiro atoms. The highest BCUT2D eigenvalue weighted by molar-refractivity contribution is 7.99. The first kappa shape index (κ1) is 21.1. The molecule has 1 heterocycles. The Balaban J connectivity index is 1.65. The van der Waals surface area contributed by atoms with E-state index >= 15 is 0 Å². The average Bonchev–Trinajstić information content (AvgIpc) is 3.24. The van der Waals surface area contributed by atoms with Gasteiger partial charge in [-0.25, -0.2) is 9.67 Å². The molecule has 2 aliphatic carbocycles. The van der Waals surface area contributed by atoms with E-state index in [1.54, 1.807) is 17.8 Å². The number of carboxylic acid groups (broad SMARTS) is 2. The summed E-state index contributed by atoms with van der Waals surface area (Å²) in [4.78, 5) is 28.1. The van der Waals surface area contributed by atoms with Crippen molar-refractivity contribution in [3.63, 3.8) is 0 Å². The number of aliphatic carboxylic acids is 2. The molecule has 2 aromatic rings. The van der Waals surface area contributed by atoms with E-state index in [0.29, 0.717) is 10.2 Å². The van der Waals surface area contributed by atoms with Gasteiger partial charge in [-0.05, 0) is 30.0 Å². The van der Waals surface area contributed by atoms with Crippen LogP contribution in [0.2, 0.25) is 5.02 Å². The van der Waals surface area contributed by atoms with Gasteiger partial charge in [0.2, 0.25) is 0 Å². The summed E-state index contributed by atoms with van der Waals surface area (Å²) in [7, 11) is 1.71. The van der Waals surface area contributed by atoms with Gasteiger partial charge in [-0.15, -0.1) is 0 Å². The molecule has 0 amide bonds. The Labute approximate surface area is 181 Å². The number of aromatic nitrogens is 3. The molecule has 0 bridgehead atoms. The first-order valence-electron chi connectivity index (χ1n) is 9.28. The molecule has 2 fully saturated rings. The topological polar surface area (TPSA) is 141 Å². The van der Waals surface area contributed by atoms with E-state index in [1.807, 2.05) is 19.1 Å². The molecule has 1 aromatic heterocycles. The van der Waals surface area contributed by atoms with Gasteiger partial charge < -0.3 is 20.7 Å². The van der Waals surface area contributed by atoms with Crippen molar-refractivity contribution in [1.82, 2.24) is 14.8 Å². The minimum atomic E-state index is -1.82. The van der Waals surface area contributed by atoms with Crippen LogP contribution in [0.3, 0.4) is 0 Å². The molecule has 0 saturated heterocycles. The van der Waals surface area contributed by atoms with Gasteiger partial charge in [0.05, 0.1) is 18.6 Å². The van der Waals surface area contributed by atoms with Crippen molar-refractivity contribution < 1.29 is 24.5 Å². The summed E-state index contributed by atoms with van der Waals surface area (Å²) in [6, 6.07) is 5.46. The number of aryl methyl sites for hydroxylation is 2. The predicted octanol–water partition coefficient (Wildman–Crippen LogP) is 1.57. The van der Waals surface area contributed by atoms with Crippen LogP contribution in [0.15, 0.2) is 29.7 Å². The van der Waals surface area contributed by atoms with Crippen molar-refractivity contribution in [2.45, 2.75) is 35.6 Å². The van der Waals surface area contributed by atoms with Gasteiger partial charge in [-0.1, -0.05) is 35.5 Å². The fourth-order valence-electron chi connectivity index (χ4n) is 4.40. The van der Waals surface area contributed by atoms with Crippen LogP contribution >= 0.6 is 23.4 Å². The number of hydrogen-bond donors (Lipinski definition) is 3. The van der Waals surface area contributed by atoms with Gasteiger partial charge in [-0.3, -0.25) is 9.59 Å². The summed E-state index contributed by atoms with van der Waals surface area (Å²) in [6.07, 6.45) is 0.468. The van der Waals surface area contributed by atoms with Crippen LogP contribution in [0.5, 0.6) is 0 Å². The molecule has 2 saturated carbocycles. The van der Waals surface area contributed by atoms with Gasteiger partial charge in [0.15, 0.2) is 5.16 Å². The van der Waals surface area contributed by atoms with Crippen LogP contribution < -0.4 is 5.73 Å². The van der Waals surface area contributed by atoms with E-state index in [2.05, 4.69) is 10.1 Å². The number of nitrogens with two attached hydrogens (primary N) is 1. The molecule has 11 heteroatoms. The van der Waals surface area contributed by atoms with Crippen LogP contribution in [0.1, 0.15) is 11.1 Å². The standard InChI is InChI=1S/C19H21ClN4O5S/c1-8-3-4-9(5-10(8)20)6-29-15-14(30-18-22-7-23-24(18)2)11-12(16(25)26)13(11)19(15,21)17(27)28/h3-5,7,11-15H,6,21H2,1-2H3,(H,25,26)(H,27,28). The number of rotatable bonds is 7. The Morgan fingerprint density at radius 3 is 2.70 bits per heavy atom. The maximum absolute atomic E-state index is 12.2. The van der Waals surface area contributed by atoms with Crippen molar-refractivity contribution in [2.24, 2.45) is 30.5 Å². The highest BCUT2D eigenvalue weighted by Gasteiger charge is 2.78. The summed E-state index contributed by atoms with van der Waals surface area (Å²) in [5.74, 6) is -4.30. The highest BCUT2D eigenvalue weighted by atomic mass is 35.5. The zero-order chi connectivity index (χ0) is 21.8. The molecule has 160 valence electrons. The van der Waals surface area contributed by atoms with Gasteiger partial charge in [0.1, 0.15) is 11.9 Å². The SMILES string of the molecule is Cc1ccc(COC2C(Sc3ncnn3C)C3C(C(=O)O)C3C2(N)C(=O)O)cc1Cl. The number of benzene rings is 1. The van der Waals surface area contributed by atoms with E-state index in [1.165, 1.54) is 18.1 Å². The van der Waals surface area contributed by atoms with Crippen molar-refractivity contribution in [3.8, 4) is 0 Å². The lowest BCUT2D eigenvalue weighted by Gasteiger charge is -2.34. The second-order valence-electron chi connectivity index (χ2n) is 7.77. The molecular formula is C19H21ClN4O5S. The second-order valence-corrected chi connectivity index (χ2v) is 9.32. The normalized spacial score (nSPS) is 32.1. The fourth-order valence-corrected chi connectivity index (χ4v) is 6.08. The van der Waals surface area contributed by atoms with Crippen LogP contribution in [0, 0.1) is 24.7 Å². The van der Waals surface area contributed by atoms with Gasteiger partial charge in [0, 0.05) is 23.2 Å². The Kier molecular flexibility index (Phi) is 5.29. The molecule has 4 rings (SSSR count). The monoisotopic (exact) mass is 452 g/mol. The summed E-state index contributed by atoms with van der Waals surface area (Å²) in [5.41, 5.74) is 6.24. The van der Waals surface area contributed by atoms with E-state index < -0.39 is 46.6 Å². The minimum absolute atomic E-state index is 0.101. The number of thioether (sulfide) groups is 1. The van der Waals surface area contributed by atoms with Gasteiger partial charge >= 0.3 is 11.9 Å². The third-order valence-corrected chi connectivity index (χ3v) is 7.83. The lowest BCUT2D eigenvalue weighted by atomic mass is 9.88. The van der Waals surface area contributed by atoms with E-state index in [4.69, 9.17) is 22.1 Å². The smallest absolute Gasteiger partial charge is 0.326 e. The van der Waals surface area contributed by atoms with Crippen LogP contribution in [-0.2, 0) is 28.0 Å². The van der Waals surface area contributed by atoms with Crippen LogP contribution in [0.4, 0.5) is 0 Å². The predicted molar refractivity (Wildman–Crippen MR) is 108 cm³/mol. The summed E-state index contributed by atoms with van der Waals surface area (Å²) in [6.45, 7) is 1.98. The highest BCUT2D eigenvalue weighted by Crippen LogP contribution is 2.65. The summed E-state index contributed by atoms with van der Waals surface area (Å²) < 4.78 is 7.60. The molecule has 30 heavy (non-hydrogen) atoms. The number of carbonyl (C=O) groups is 2. The molecule has 1 aromatic carbocycles. The zero-order valence-corrected chi connectivity index (χ0v) is 17.8. The van der Waals surface area contributed by atoms with E-state index in [0.717, 1.165) is 11.1 Å². The third kappa shape index (κ3) is 3.27. The number of nitrogens with zero attached hydrogens (tertiary/aromatic N) is 3. The largest absolute Gasteiger partial charge is 0.481 e. The molecular weight excluding hydrogens is 432 g/mol. The summed E-state index contributed by atoms with van der Waals surface area (Å²) >= 11 is 7.43.